The number of hydrogen-bond acceptors (Lipinski definition) is 2. The van der Waals surface area contributed by atoms with Crippen LogP contribution < -0.4 is 11.2 Å². The van der Waals surface area contributed by atoms with Crippen LogP contribution in [0.2, 0.25) is 0 Å². The van der Waals surface area contributed by atoms with Crippen LogP contribution in [0, 0.1) is 11.8 Å². The molecular weight excluding hydrogens is 154 g/mol. The average Bonchev–Trinajstić information content (AvgIpc) is 2.32. The minimum absolute atomic E-state index is 0.539. The first-order valence-electron chi connectivity index (χ1n) is 4.06. The topological polar surface area (TPSA) is 67.5 Å². The summed E-state index contributed by atoms with van der Waals surface area (Å²) < 4.78 is 0. The van der Waals surface area contributed by atoms with Crippen molar-refractivity contribution in [1.82, 2.24) is 5.43 Å². The number of fused-ring (bicyclic) bond motifs is 1. The quantitative estimate of drug-likeness (QED) is 0.433. The standard InChI is InChI=1S/C8H11N3O/c9-8(12)11-10-7-4-5-2-1-3-6(5)7/h1-2,5-6H,3-4H2,(H3,9,11,12)/b10-7+/t5-,6-/m1/s1. The van der Waals surface area contributed by atoms with Crippen LogP contribution in [0.15, 0.2) is 17.3 Å². The van der Waals surface area contributed by atoms with Gasteiger partial charge in [-0.15, -0.1) is 0 Å². The van der Waals surface area contributed by atoms with Crippen molar-refractivity contribution in [1.29, 1.82) is 0 Å². The number of rotatable bonds is 1. The minimum atomic E-state index is -0.586. The van der Waals surface area contributed by atoms with Crippen LogP contribution in [-0.2, 0) is 0 Å². The van der Waals surface area contributed by atoms with Gasteiger partial charge in [-0.25, -0.2) is 10.2 Å². The van der Waals surface area contributed by atoms with E-state index in [4.69, 9.17) is 5.73 Å². The Bertz CT molecular complexity index is 269. The SMILES string of the molecule is NC(=O)N/N=C1\C[C@H]2C=CC[C@@H]12. The second-order valence-corrected chi connectivity index (χ2v) is 3.22. The first-order valence-corrected chi connectivity index (χ1v) is 4.06. The number of hydrazone groups is 1. The zero-order valence-electron chi connectivity index (χ0n) is 6.66. The highest BCUT2D eigenvalue weighted by Gasteiger charge is 2.37. The van der Waals surface area contributed by atoms with Crippen molar-refractivity contribution in [3.05, 3.63) is 12.2 Å². The van der Waals surface area contributed by atoms with Crippen molar-refractivity contribution in [2.45, 2.75) is 12.8 Å². The van der Waals surface area contributed by atoms with Crippen molar-refractivity contribution >= 4 is 11.7 Å². The maximum atomic E-state index is 10.3. The van der Waals surface area contributed by atoms with Gasteiger partial charge in [-0.2, -0.15) is 5.10 Å². The number of primary amides is 1. The largest absolute Gasteiger partial charge is 0.350 e. The molecule has 0 aliphatic heterocycles. The lowest BCUT2D eigenvalue weighted by Crippen LogP contribution is -2.36. The zero-order chi connectivity index (χ0) is 8.55. The predicted octanol–water partition coefficient (Wildman–Crippen LogP) is 0.607. The van der Waals surface area contributed by atoms with E-state index in [1.165, 1.54) is 0 Å². The summed E-state index contributed by atoms with van der Waals surface area (Å²) in [6, 6.07) is -0.586. The maximum Gasteiger partial charge on any atom is 0.332 e. The molecule has 2 aliphatic rings. The Kier molecular flexibility index (Phi) is 1.60. The maximum absolute atomic E-state index is 10.3. The van der Waals surface area contributed by atoms with Crippen LogP contribution >= 0.6 is 0 Å². The lowest BCUT2D eigenvalue weighted by molar-refractivity contribution is 0.249. The highest BCUT2D eigenvalue weighted by molar-refractivity contribution is 5.94. The van der Waals surface area contributed by atoms with Crippen molar-refractivity contribution < 1.29 is 4.79 Å². The monoisotopic (exact) mass is 165 g/mol. The molecule has 2 aliphatic carbocycles. The summed E-state index contributed by atoms with van der Waals surface area (Å²) in [6.07, 6.45) is 6.42. The fourth-order valence-electron chi connectivity index (χ4n) is 1.79. The number of carbonyl (C=O) groups is 1. The van der Waals surface area contributed by atoms with Crippen LogP contribution in [0.3, 0.4) is 0 Å². The third-order valence-electron chi connectivity index (χ3n) is 2.47. The molecule has 1 fully saturated rings. The molecular formula is C8H11N3O. The van der Waals surface area contributed by atoms with Gasteiger partial charge in [0.05, 0.1) is 0 Å². The summed E-state index contributed by atoms with van der Waals surface area (Å²) in [5.74, 6) is 1.20. The number of carbonyl (C=O) groups excluding carboxylic acids is 1. The molecule has 0 aromatic carbocycles. The second-order valence-electron chi connectivity index (χ2n) is 3.22. The molecule has 64 valence electrons. The minimum Gasteiger partial charge on any atom is -0.350 e. The van der Waals surface area contributed by atoms with Gasteiger partial charge in [0.25, 0.3) is 0 Å². The first kappa shape index (κ1) is 7.34. The predicted molar refractivity (Wildman–Crippen MR) is 45.5 cm³/mol. The van der Waals surface area contributed by atoms with Crippen molar-refractivity contribution in [3.63, 3.8) is 0 Å². The number of nitrogens with one attached hydrogen (secondary N) is 1. The molecule has 12 heavy (non-hydrogen) atoms. The highest BCUT2D eigenvalue weighted by Crippen LogP contribution is 2.39. The fourth-order valence-corrected chi connectivity index (χ4v) is 1.79. The molecule has 0 bridgehead atoms. The average molecular weight is 165 g/mol. The molecule has 0 spiro atoms. The number of allylic oxidation sites excluding steroid dienone is 2. The Balaban J connectivity index is 1.92. The Morgan fingerprint density at radius 1 is 1.75 bits per heavy atom. The molecule has 0 radical (unpaired) electrons. The number of nitrogens with zero attached hydrogens (tertiary/aromatic N) is 1. The Hall–Kier alpha value is -1.32. The summed E-state index contributed by atoms with van der Waals surface area (Å²) >= 11 is 0. The number of urea groups is 1. The van der Waals surface area contributed by atoms with Crippen LogP contribution in [0.25, 0.3) is 0 Å². The van der Waals surface area contributed by atoms with E-state index < -0.39 is 6.03 Å². The molecule has 4 nitrogen and oxygen atoms in total. The third kappa shape index (κ3) is 1.09. The lowest BCUT2D eigenvalue weighted by atomic mass is 9.74. The second kappa shape index (κ2) is 2.62. The molecule has 0 heterocycles. The van der Waals surface area contributed by atoms with Gasteiger partial charge in [0.15, 0.2) is 0 Å². The molecule has 0 aromatic rings. The summed E-state index contributed by atoms with van der Waals surface area (Å²) in [7, 11) is 0. The van der Waals surface area contributed by atoms with Gasteiger partial charge in [0, 0.05) is 11.6 Å². The van der Waals surface area contributed by atoms with Crippen molar-refractivity contribution in [2.24, 2.45) is 22.7 Å². The van der Waals surface area contributed by atoms with E-state index in [1.54, 1.807) is 0 Å². The zero-order valence-corrected chi connectivity index (χ0v) is 6.66. The first-order chi connectivity index (χ1) is 5.77. The number of amides is 2. The van der Waals surface area contributed by atoms with Crippen LogP contribution in [0.4, 0.5) is 4.79 Å². The lowest BCUT2D eigenvalue weighted by Gasteiger charge is -2.31. The van der Waals surface area contributed by atoms with Gasteiger partial charge < -0.3 is 5.73 Å². The number of nitrogens with two attached hydrogens (primary N) is 1. The number of hydrogen-bond donors (Lipinski definition) is 2. The van der Waals surface area contributed by atoms with Gasteiger partial charge in [-0.05, 0) is 18.8 Å². The van der Waals surface area contributed by atoms with Gasteiger partial charge >= 0.3 is 6.03 Å². The van der Waals surface area contributed by atoms with Gasteiger partial charge in [-0.1, -0.05) is 12.2 Å². The van der Waals surface area contributed by atoms with E-state index in [-0.39, 0.29) is 0 Å². The van der Waals surface area contributed by atoms with Gasteiger partial charge in [-0.3, -0.25) is 0 Å². The normalized spacial score (nSPS) is 34.5. The van der Waals surface area contributed by atoms with E-state index in [1.807, 2.05) is 0 Å². The van der Waals surface area contributed by atoms with Crippen molar-refractivity contribution in [3.8, 4) is 0 Å². The Labute approximate surface area is 70.5 Å². The molecule has 2 atom stereocenters. The third-order valence-corrected chi connectivity index (χ3v) is 2.47. The fraction of sp³-hybridized carbons (Fsp3) is 0.500. The molecule has 0 saturated heterocycles. The molecule has 1 saturated carbocycles. The van der Waals surface area contributed by atoms with Crippen LogP contribution in [0.5, 0.6) is 0 Å². The smallest absolute Gasteiger partial charge is 0.332 e. The highest BCUT2D eigenvalue weighted by atomic mass is 16.2. The molecule has 0 aromatic heterocycles. The Morgan fingerprint density at radius 2 is 2.58 bits per heavy atom. The molecule has 4 heteroatoms. The van der Waals surface area contributed by atoms with E-state index >= 15 is 0 Å². The van der Waals surface area contributed by atoms with Crippen molar-refractivity contribution in [2.75, 3.05) is 0 Å². The Morgan fingerprint density at radius 3 is 3.25 bits per heavy atom. The molecule has 0 unspecified atom stereocenters. The summed E-state index contributed by atoms with van der Waals surface area (Å²) in [5, 5.41) is 3.92. The molecule has 3 N–H and O–H groups in total. The summed E-state index contributed by atoms with van der Waals surface area (Å²) in [4.78, 5) is 10.3. The van der Waals surface area contributed by atoms with Crippen LogP contribution in [-0.4, -0.2) is 11.7 Å². The van der Waals surface area contributed by atoms with E-state index in [0.29, 0.717) is 11.8 Å². The molecule has 2 rings (SSSR count). The summed E-state index contributed by atoms with van der Waals surface area (Å²) in [5.41, 5.74) is 8.22. The van der Waals surface area contributed by atoms with Gasteiger partial charge in [0.2, 0.25) is 0 Å². The van der Waals surface area contributed by atoms with E-state index in [9.17, 15) is 4.79 Å². The van der Waals surface area contributed by atoms with E-state index in [0.717, 1.165) is 18.6 Å². The summed E-state index contributed by atoms with van der Waals surface area (Å²) in [6.45, 7) is 0. The molecule has 2 amide bonds. The van der Waals surface area contributed by atoms with E-state index in [2.05, 4.69) is 22.7 Å². The van der Waals surface area contributed by atoms with Crippen LogP contribution in [0.1, 0.15) is 12.8 Å². The van der Waals surface area contributed by atoms with Gasteiger partial charge in [0.1, 0.15) is 0 Å².